The SMILES string of the molecule is NCCOc1nonc1-c1noc(=O)n1-c1ccc(F)c(Cl)c1. The van der Waals surface area contributed by atoms with Crippen LogP contribution in [-0.4, -0.2) is 33.2 Å². The van der Waals surface area contributed by atoms with Crippen LogP contribution in [0.5, 0.6) is 5.88 Å². The van der Waals surface area contributed by atoms with E-state index in [1.54, 1.807) is 0 Å². The summed E-state index contributed by atoms with van der Waals surface area (Å²) >= 11 is 5.73. The number of nitrogens with two attached hydrogens (primary N) is 1. The molecule has 0 saturated carbocycles. The number of nitrogens with zero attached hydrogens (tertiary/aromatic N) is 4. The molecule has 0 amide bonds. The van der Waals surface area contributed by atoms with E-state index in [9.17, 15) is 9.18 Å². The normalized spacial score (nSPS) is 10.9. The number of benzene rings is 1. The zero-order chi connectivity index (χ0) is 16.4. The molecule has 0 spiro atoms. The summed E-state index contributed by atoms with van der Waals surface area (Å²) in [6.07, 6.45) is 0. The number of hydrogen-bond donors (Lipinski definition) is 1. The monoisotopic (exact) mass is 341 g/mol. The van der Waals surface area contributed by atoms with Crippen LogP contribution >= 0.6 is 11.6 Å². The molecule has 0 aliphatic carbocycles. The van der Waals surface area contributed by atoms with Crippen molar-refractivity contribution < 1.29 is 18.3 Å². The summed E-state index contributed by atoms with van der Waals surface area (Å²) in [6, 6.07) is 3.68. The fraction of sp³-hybridized carbons (Fsp3) is 0.167. The van der Waals surface area contributed by atoms with E-state index in [1.807, 2.05) is 0 Å². The Morgan fingerprint density at radius 3 is 2.91 bits per heavy atom. The molecule has 0 radical (unpaired) electrons. The van der Waals surface area contributed by atoms with E-state index in [1.165, 1.54) is 12.1 Å². The van der Waals surface area contributed by atoms with Crippen molar-refractivity contribution in [1.29, 1.82) is 0 Å². The lowest BCUT2D eigenvalue weighted by atomic mass is 10.3. The van der Waals surface area contributed by atoms with E-state index in [2.05, 4.69) is 24.6 Å². The van der Waals surface area contributed by atoms with Crippen LogP contribution in [0.1, 0.15) is 0 Å². The Morgan fingerprint density at radius 1 is 1.35 bits per heavy atom. The lowest BCUT2D eigenvalue weighted by Crippen LogP contribution is -2.14. The molecule has 0 unspecified atom stereocenters. The molecule has 120 valence electrons. The zero-order valence-corrected chi connectivity index (χ0v) is 12.2. The average Bonchev–Trinajstić information content (AvgIpc) is 3.14. The minimum Gasteiger partial charge on any atom is -0.472 e. The van der Waals surface area contributed by atoms with E-state index in [0.29, 0.717) is 0 Å². The van der Waals surface area contributed by atoms with E-state index >= 15 is 0 Å². The molecule has 0 bridgehead atoms. The maximum atomic E-state index is 13.3. The molecule has 23 heavy (non-hydrogen) atoms. The molecule has 2 aromatic heterocycles. The van der Waals surface area contributed by atoms with Crippen molar-refractivity contribution in [2.45, 2.75) is 0 Å². The van der Waals surface area contributed by atoms with Gasteiger partial charge >= 0.3 is 5.76 Å². The molecule has 3 aromatic rings. The summed E-state index contributed by atoms with van der Waals surface area (Å²) in [4.78, 5) is 11.9. The molecule has 9 nitrogen and oxygen atoms in total. The first-order valence-electron chi connectivity index (χ1n) is 6.31. The maximum absolute atomic E-state index is 13.3. The summed E-state index contributed by atoms with van der Waals surface area (Å²) in [5, 5.41) is 10.6. The number of ether oxygens (including phenoxy) is 1. The zero-order valence-electron chi connectivity index (χ0n) is 11.4. The van der Waals surface area contributed by atoms with Crippen molar-refractivity contribution in [3.05, 3.63) is 39.6 Å². The van der Waals surface area contributed by atoms with Crippen LogP contribution in [-0.2, 0) is 0 Å². The van der Waals surface area contributed by atoms with Crippen LogP contribution in [0.3, 0.4) is 0 Å². The Labute approximate surface area is 132 Å². The predicted octanol–water partition coefficient (Wildman–Crippen LogP) is 1.01. The Balaban J connectivity index is 2.11. The van der Waals surface area contributed by atoms with E-state index in [4.69, 9.17) is 22.1 Å². The number of hydrogen-bond acceptors (Lipinski definition) is 8. The minimum absolute atomic E-state index is 0.00860. The summed E-state index contributed by atoms with van der Waals surface area (Å²) in [5.74, 6) is -1.50. The third-order valence-electron chi connectivity index (χ3n) is 2.79. The Kier molecular flexibility index (Phi) is 4.08. The van der Waals surface area contributed by atoms with Gasteiger partial charge in [-0.1, -0.05) is 16.8 Å². The van der Waals surface area contributed by atoms with Gasteiger partial charge in [0.1, 0.15) is 12.4 Å². The van der Waals surface area contributed by atoms with Crippen LogP contribution in [0.2, 0.25) is 5.02 Å². The van der Waals surface area contributed by atoms with Crippen LogP contribution in [0.25, 0.3) is 17.2 Å². The third kappa shape index (κ3) is 2.81. The van der Waals surface area contributed by atoms with Gasteiger partial charge in [-0.3, -0.25) is 4.52 Å². The highest BCUT2D eigenvalue weighted by atomic mass is 35.5. The van der Waals surface area contributed by atoms with Crippen LogP contribution in [0, 0.1) is 5.82 Å². The molecule has 2 heterocycles. The Hall–Kier alpha value is -2.72. The van der Waals surface area contributed by atoms with Gasteiger partial charge in [0, 0.05) is 6.54 Å². The molecular formula is C12H9ClFN5O4. The van der Waals surface area contributed by atoms with Gasteiger partial charge in [0.25, 0.3) is 5.88 Å². The average molecular weight is 342 g/mol. The third-order valence-corrected chi connectivity index (χ3v) is 3.08. The molecule has 0 atom stereocenters. The molecule has 3 rings (SSSR count). The van der Waals surface area contributed by atoms with Gasteiger partial charge in [0.15, 0.2) is 0 Å². The first-order valence-corrected chi connectivity index (χ1v) is 6.69. The van der Waals surface area contributed by atoms with Crippen molar-refractivity contribution in [1.82, 2.24) is 20.0 Å². The fourth-order valence-corrected chi connectivity index (χ4v) is 1.99. The Bertz CT molecular complexity index is 890. The second-order valence-electron chi connectivity index (χ2n) is 4.26. The van der Waals surface area contributed by atoms with Gasteiger partial charge in [0.2, 0.25) is 11.5 Å². The van der Waals surface area contributed by atoms with Crippen LogP contribution < -0.4 is 16.2 Å². The Morgan fingerprint density at radius 2 is 2.17 bits per heavy atom. The molecular weight excluding hydrogens is 333 g/mol. The van der Waals surface area contributed by atoms with E-state index < -0.39 is 11.6 Å². The maximum Gasteiger partial charge on any atom is 0.446 e. The standard InChI is InChI=1S/C12H9ClFN5O4/c13-7-5-6(1-2-8(7)14)19-10(17-22-12(19)20)9-11(18-23-16-9)21-4-3-15/h1-2,5H,3-4,15H2. The van der Waals surface area contributed by atoms with Crippen molar-refractivity contribution in [2.75, 3.05) is 13.2 Å². The lowest BCUT2D eigenvalue weighted by molar-refractivity contribution is 0.260. The van der Waals surface area contributed by atoms with Crippen LogP contribution in [0.4, 0.5) is 4.39 Å². The molecule has 2 N–H and O–H groups in total. The summed E-state index contributed by atoms with van der Waals surface area (Å²) in [6.45, 7) is 0.400. The van der Waals surface area contributed by atoms with Crippen LogP contribution in [0.15, 0.2) is 32.1 Å². The van der Waals surface area contributed by atoms with Crippen molar-refractivity contribution in [3.63, 3.8) is 0 Å². The lowest BCUT2D eigenvalue weighted by Gasteiger charge is -2.04. The van der Waals surface area contributed by atoms with Crippen molar-refractivity contribution >= 4 is 11.6 Å². The second-order valence-corrected chi connectivity index (χ2v) is 4.67. The molecule has 0 aliphatic heterocycles. The van der Waals surface area contributed by atoms with Crippen molar-refractivity contribution in [3.8, 4) is 23.1 Å². The fourth-order valence-electron chi connectivity index (χ4n) is 1.82. The van der Waals surface area contributed by atoms with Gasteiger partial charge < -0.3 is 10.5 Å². The predicted molar refractivity (Wildman–Crippen MR) is 74.9 cm³/mol. The molecule has 0 saturated heterocycles. The number of rotatable bonds is 5. The molecule has 1 aromatic carbocycles. The van der Waals surface area contributed by atoms with Crippen molar-refractivity contribution in [2.24, 2.45) is 5.73 Å². The number of halogens is 2. The summed E-state index contributed by atoms with van der Waals surface area (Å²) < 4.78 is 28.8. The number of aromatic nitrogens is 4. The smallest absolute Gasteiger partial charge is 0.446 e. The minimum atomic E-state index is -0.824. The first-order chi connectivity index (χ1) is 11.1. The summed E-state index contributed by atoms with van der Waals surface area (Å²) in [7, 11) is 0. The van der Waals surface area contributed by atoms with Gasteiger partial charge in [0.05, 0.1) is 10.7 Å². The molecule has 11 heteroatoms. The molecule has 0 aliphatic rings. The highest BCUT2D eigenvalue weighted by Gasteiger charge is 2.24. The van der Waals surface area contributed by atoms with E-state index in [-0.39, 0.29) is 41.3 Å². The topological polar surface area (TPSA) is 122 Å². The highest BCUT2D eigenvalue weighted by molar-refractivity contribution is 6.30. The summed E-state index contributed by atoms with van der Waals surface area (Å²) in [5.41, 5.74) is 5.61. The molecule has 0 fully saturated rings. The van der Waals surface area contributed by atoms with E-state index in [0.717, 1.165) is 10.6 Å². The quantitative estimate of drug-likeness (QED) is 0.729. The van der Waals surface area contributed by atoms with Gasteiger partial charge in [-0.15, -0.1) is 0 Å². The first kappa shape index (κ1) is 15.2. The highest BCUT2D eigenvalue weighted by Crippen LogP contribution is 2.27. The largest absolute Gasteiger partial charge is 0.472 e. The van der Waals surface area contributed by atoms with Gasteiger partial charge in [-0.2, -0.15) is 0 Å². The van der Waals surface area contributed by atoms with Gasteiger partial charge in [-0.25, -0.2) is 18.4 Å². The second kappa shape index (κ2) is 6.18. The van der Waals surface area contributed by atoms with Gasteiger partial charge in [-0.05, 0) is 28.5 Å².